The summed E-state index contributed by atoms with van der Waals surface area (Å²) in [5, 5.41) is 4.41. The van der Waals surface area contributed by atoms with Gasteiger partial charge in [-0.2, -0.15) is 0 Å². The molecule has 3 atom stereocenters. The minimum atomic E-state index is -0.266. The molecule has 0 fully saturated rings. The number of carbonyl (C=O) groups is 1. The number of aromatic amines is 1. The fourth-order valence-electron chi connectivity index (χ4n) is 5.06. The van der Waals surface area contributed by atoms with Crippen molar-refractivity contribution in [1.29, 1.82) is 0 Å². The van der Waals surface area contributed by atoms with Gasteiger partial charge in [0.2, 0.25) is 5.91 Å². The minimum Gasteiger partial charge on any atom is -0.485 e. The van der Waals surface area contributed by atoms with E-state index in [1.807, 2.05) is 48.6 Å². The fraction of sp³-hybridized carbons (Fsp3) is 0.167. The van der Waals surface area contributed by atoms with Crippen LogP contribution in [0.15, 0.2) is 106 Å². The zero-order valence-electron chi connectivity index (χ0n) is 19.5. The monoisotopic (exact) mass is 556 g/mol. The lowest BCUT2D eigenvalue weighted by molar-refractivity contribution is -0.124. The molecule has 6 heteroatoms. The van der Waals surface area contributed by atoms with E-state index >= 15 is 0 Å². The Bertz CT molecular complexity index is 1470. The number of hydrogen-bond acceptors (Lipinski definition) is 3. The van der Waals surface area contributed by atoms with E-state index in [-0.39, 0.29) is 23.8 Å². The molecule has 3 unspecified atom stereocenters. The van der Waals surface area contributed by atoms with E-state index in [4.69, 9.17) is 4.74 Å². The van der Waals surface area contributed by atoms with Gasteiger partial charge in [-0.3, -0.25) is 4.79 Å². The summed E-state index contributed by atoms with van der Waals surface area (Å²) in [6, 6.07) is 24.6. The van der Waals surface area contributed by atoms with Crippen LogP contribution in [0.2, 0.25) is 0 Å². The maximum absolute atomic E-state index is 13.5. The second kappa shape index (κ2) is 10.0. The van der Waals surface area contributed by atoms with E-state index in [0.717, 1.165) is 38.3 Å². The maximum atomic E-state index is 13.5. The van der Waals surface area contributed by atoms with Crippen LogP contribution in [0, 0.1) is 5.92 Å². The highest BCUT2D eigenvalue weighted by Gasteiger charge is 2.40. The van der Waals surface area contributed by atoms with Crippen LogP contribution < -0.4 is 10.1 Å². The first-order chi connectivity index (χ1) is 17.7. The summed E-state index contributed by atoms with van der Waals surface area (Å²) in [5.74, 6) is 1.35. The van der Waals surface area contributed by atoms with Gasteiger partial charge in [-0.25, -0.2) is 0 Å². The van der Waals surface area contributed by atoms with Crippen LogP contribution >= 0.6 is 27.7 Å². The van der Waals surface area contributed by atoms with Crippen molar-refractivity contribution < 1.29 is 9.53 Å². The molecular weight excluding hydrogens is 532 g/mol. The average molecular weight is 558 g/mol. The number of hydrogen-bond donors (Lipinski definition) is 2. The van der Waals surface area contributed by atoms with Gasteiger partial charge in [0.1, 0.15) is 11.9 Å². The van der Waals surface area contributed by atoms with Gasteiger partial charge < -0.3 is 15.0 Å². The number of carbonyl (C=O) groups excluding carboxylic acids is 1. The first kappa shape index (κ1) is 23.2. The van der Waals surface area contributed by atoms with E-state index in [9.17, 15) is 4.79 Å². The maximum Gasteiger partial charge on any atom is 0.228 e. The number of fused-ring (bicyclic) bond motifs is 3. The number of allylic oxidation sites excluding steroid dienone is 2. The highest BCUT2D eigenvalue weighted by molar-refractivity contribution is 9.10. The molecule has 0 saturated carbocycles. The molecule has 2 heterocycles. The number of thioether (sulfide) groups is 1. The highest BCUT2D eigenvalue weighted by atomic mass is 79.9. The van der Waals surface area contributed by atoms with E-state index in [1.165, 1.54) is 10.3 Å². The van der Waals surface area contributed by atoms with E-state index in [0.29, 0.717) is 6.54 Å². The molecule has 36 heavy (non-hydrogen) atoms. The standard InChI is InChI=1S/C30H25BrN2O2S/c31-20-15-13-19(14-16-20)28-29(21-7-1-4-10-24(21)33-28)36-18-17-32-30(34)27-22-8-2-5-11-25(22)35-26-12-6-3-9-23(26)27/h1-16,22,25,27,33H,17-18H2,(H,32,34). The Balaban J connectivity index is 1.19. The summed E-state index contributed by atoms with van der Waals surface area (Å²) in [4.78, 5) is 18.3. The third kappa shape index (κ3) is 4.40. The summed E-state index contributed by atoms with van der Waals surface area (Å²) in [6.45, 7) is 0.583. The first-order valence-corrected chi connectivity index (χ1v) is 13.8. The number of amides is 1. The Kier molecular flexibility index (Phi) is 6.46. The Morgan fingerprint density at radius 3 is 2.64 bits per heavy atom. The minimum absolute atomic E-state index is 0.00447. The second-order valence-corrected chi connectivity index (χ2v) is 11.0. The van der Waals surface area contributed by atoms with Crippen molar-refractivity contribution >= 4 is 44.5 Å². The second-order valence-electron chi connectivity index (χ2n) is 8.97. The lowest BCUT2D eigenvalue weighted by atomic mass is 9.77. The Hall–Kier alpha value is -3.22. The molecule has 1 aromatic heterocycles. The Morgan fingerprint density at radius 2 is 1.75 bits per heavy atom. The number of rotatable bonds is 6. The van der Waals surface area contributed by atoms with Crippen LogP contribution in [-0.2, 0) is 4.79 Å². The van der Waals surface area contributed by atoms with Crippen molar-refractivity contribution in [3.63, 3.8) is 0 Å². The van der Waals surface area contributed by atoms with Crippen LogP contribution in [0.4, 0.5) is 0 Å². The quantitative estimate of drug-likeness (QED) is 0.197. The lowest BCUT2D eigenvalue weighted by Gasteiger charge is -2.37. The van der Waals surface area contributed by atoms with Gasteiger partial charge in [-0.05, 0) is 35.9 Å². The third-order valence-corrected chi connectivity index (χ3v) is 8.40. The van der Waals surface area contributed by atoms with E-state index < -0.39 is 0 Å². The Morgan fingerprint density at radius 1 is 0.972 bits per heavy atom. The molecule has 2 N–H and O–H groups in total. The lowest BCUT2D eigenvalue weighted by Crippen LogP contribution is -2.42. The molecular formula is C30H25BrN2O2S. The first-order valence-electron chi connectivity index (χ1n) is 12.1. The largest absolute Gasteiger partial charge is 0.485 e. The summed E-state index contributed by atoms with van der Waals surface area (Å²) in [5.41, 5.74) is 4.32. The number of benzene rings is 3. The van der Waals surface area contributed by atoms with Gasteiger partial charge in [-0.1, -0.05) is 82.7 Å². The molecule has 0 radical (unpaired) electrons. The summed E-state index contributed by atoms with van der Waals surface area (Å²) in [6.07, 6.45) is 8.02. The molecule has 4 aromatic rings. The van der Waals surface area contributed by atoms with Gasteiger partial charge in [0, 0.05) is 44.1 Å². The van der Waals surface area contributed by atoms with Crippen molar-refractivity contribution in [3.05, 3.63) is 107 Å². The molecule has 0 bridgehead atoms. The van der Waals surface area contributed by atoms with Crippen molar-refractivity contribution in [2.24, 2.45) is 5.92 Å². The number of aromatic nitrogens is 1. The number of ether oxygens (including phenoxy) is 1. The van der Waals surface area contributed by atoms with Gasteiger partial charge in [0.05, 0.1) is 11.6 Å². The number of halogens is 1. The van der Waals surface area contributed by atoms with Crippen molar-refractivity contribution in [2.45, 2.75) is 16.9 Å². The Labute approximate surface area is 223 Å². The van der Waals surface area contributed by atoms with Crippen LogP contribution in [-0.4, -0.2) is 29.3 Å². The van der Waals surface area contributed by atoms with Crippen molar-refractivity contribution in [1.82, 2.24) is 10.3 Å². The molecule has 1 aliphatic carbocycles. The van der Waals surface area contributed by atoms with Crippen LogP contribution in [0.25, 0.3) is 22.2 Å². The average Bonchev–Trinajstić information content (AvgIpc) is 3.28. The molecule has 0 spiro atoms. The zero-order chi connectivity index (χ0) is 24.5. The van der Waals surface area contributed by atoms with E-state index in [2.05, 4.69) is 74.8 Å². The predicted octanol–water partition coefficient (Wildman–Crippen LogP) is 7.09. The van der Waals surface area contributed by atoms with Crippen LogP contribution in [0.5, 0.6) is 5.75 Å². The molecule has 4 nitrogen and oxygen atoms in total. The van der Waals surface area contributed by atoms with Gasteiger partial charge in [0.25, 0.3) is 0 Å². The van der Waals surface area contributed by atoms with Crippen LogP contribution in [0.1, 0.15) is 11.5 Å². The number of H-pyrrole nitrogens is 1. The normalized spacial score (nSPS) is 20.0. The molecule has 180 valence electrons. The molecule has 1 aliphatic heterocycles. The number of nitrogens with one attached hydrogen (secondary N) is 2. The summed E-state index contributed by atoms with van der Waals surface area (Å²) < 4.78 is 7.22. The SMILES string of the molecule is O=C(NCCSc1c(-c2ccc(Br)cc2)[nH]c2ccccc12)C1c2ccccc2OC2C=CC=CC21. The highest BCUT2D eigenvalue weighted by Crippen LogP contribution is 2.42. The number of para-hydroxylation sites is 2. The molecule has 1 amide bonds. The summed E-state index contributed by atoms with van der Waals surface area (Å²) >= 11 is 5.30. The van der Waals surface area contributed by atoms with E-state index in [1.54, 1.807) is 11.8 Å². The smallest absolute Gasteiger partial charge is 0.228 e. The third-order valence-electron chi connectivity index (χ3n) is 6.75. The van der Waals surface area contributed by atoms with Crippen molar-refractivity contribution in [2.75, 3.05) is 12.3 Å². The van der Waals surface area contributed by atoms with Gasteiger partial charge >= 0.3 is 0 Å². The fourth-order valence-corrected chi connectivity index (χ4v) is 6.38. The van der Waals surface area contributed by atoms with Gasteiger partial charge in [-0.15, -0.1) is 11.8 Å². The van der Waals surface area contributed by atoms with Crippen molar-refractivity contribution in [3.8, 4) is 17.0 Å². The molecule has 3 aromatic carbocycles. The predicted molar refractivity (Wildman–Crippen MR) is 151 cm³/mol. The molecule has 0 saturated heterocycles. The van der Waals surface area contributed by atoms with Gasteiger partial charge in [0.15, 0.2) is 0 Å². The zero-order valence-corrected chi connectivity index (χ0v) is 21.9. The summed E-state index contributed by atoms with van der Waals surface area (Å²) in [7, 11) is 0. The topological polar surface area (TPSA) is 54.1 Å². The van der Waals surface area contributed by atoms with Crippen LogP contribution in [0.3, 0.4) is 0 Å². The molecule has 2 aliphatic rings. The molecule has 6 rings (SSSR count).